The van der Waals surface area contributed by atoms with Gasteiger partial charge in [-0.05, 0) is 37.8 Å². The molecule has 0 atom stereocenters. The third-order valence-electron chi connectivity index (χ3n) is 5.35. The molecule has 0 unspecified atom stereocenters. The standard InChI is InChI=1S/C19H21F3N4O2/c20-19(21,22)13-1-6-17(23-10-13)24-14-2-4-15(5-3-14)26-18(27)9-12-11-28-8-7-16(12)25-26/h1,6,9-10,14-15H,2-5,7-8,11H2,(H,23,24). The zero-order valence-corrected chi connectivity index (χ0v) is 15.2. The van der Waals surface area contributed by atoms with Crippen LogP contribution in [0.5, 0.6) is 0 Å². The van der Waals surface area contributed by atoms with Crippen molar-refractivity contribution in [2.24, 2.45) is 0 Å². The van der Waals surface area contributed by atoms with Gasteiger partial charge in [-0.1, -0.05) is 0 Å². The van der Waals surface area contributed by atoms with Crippen LogP contribution in [0.1, 0.15) is 48.5 Å². The van der Waals surface area contributed by atoms with Gasteiger partial charge in [0.05, 0.1) is 30.5 Å². The lowest BCUT2D eigenvalue weighted by Gasteiger charge is -2.30. The molecule has 1 aliphatic carbocycles. The molecule has 1 saturated carbocycles. The van der Waals surface area contributed by atoms with Crippen molar-refractivity contribution in [2.75, 3.05) is 11.9 Å². The quantitative estimate of drug-likeness (QED) is 0.865. The van der Waals surface area contributed by atoms with E-state index in [0.717, 1.165) is 49.2 Å². The molecule has 2 aromatic heterocycles. The Morgan fingerprint density at radius 1 is 1.18 bits per heavy atom. The lowest BCUT2D eigenvalue weighted by Crippen LogP contribution is -2.35. The molecular formula is C19H21F3N4O2. The molecule has 28 heavy (non-hydrogen) atoms. The SMILES string of the molecule is O=c1cc2c(nn1C1CCC(Nc3ccc(C(F)(F)F)cn3)CC1)CCOC2. The van der Waals surface area contributed by atoms with Crippen molar-refractivity contribution < 1.29 is 17.9 Å². The van der Waals surface area contributed by atoms with Crippen LogP contribution in [0.2, 0.25) is 0 Å². The lowest BCUT2D eigenvalue weighted by molar-refractivity contribution is -0.137. The minimum absolute atomic E-state index is 0.0410. The van der Waals surface area contributed by atoms with Crippen molar-refractivity contribution in [1.29, 1.82) is 0 Å². The number of halogens is 3. The molecule has 0 saturated heterocycles. The van der Waals surface area contributed by atoms with Gasteiger partial charge in [-0.2, -0.15) is 18.3 Å². The number of rotatable bonds is 3. The number of aromatic nitrogens is 3. The average Bonchev–Trinajstić information content (AvgIpc) is 2.68. The summed E-state index contributed by atoms with van der Waals surface area (Å²) < 4.78 is 44.8. The van der Waals surface area contributed by atoms with Crippen LogP contribution in [-0.2, 0) is 23.9 Å². The van der Waals surface area contributed by atoms with Crippen LogP contribution in [0.25, 0.3) is 0 Å². The van der Waals surface area contributed by atoms with Crippen LogP contribution in [-0.4, -0.2) is 27.4 Å². The first-order valence-corrected chi connectivity index (χ1v) is 9.39. The molecule has 0 amide bonds. The Balaban J connectivity index is 1.38. The van der Waals surface area contributed by atoms with Gasteiger partial charge < -0.3 is 10.1 Å². The summed E-state index contributed by atoms with van der Waals surface area (Å²) in [6.07, 6.45) is 0.315. The van der Waals surface area contributed by atoms with E-state index in [9.17, 15) is 18.0 Å². The molecule has 3 heterocycles. The predicted molar refractivity (Wildman–Crippen MR) is 96.0 cm³/mol. The maximum Gasteiger partial charge on any atom is 0.417 e. The largest absolute Gasteiger partial charge is 0.417 e. The molecule has 2 aliphatic rings. The van der Waals surface area contributed by atoms with E-state index in [1.54, 1.807) is 10.7 Å². The van der Waals surface area contributed by atoms with E-state index in [-0.39, 0.29) is 17.6 Å². The van der Waals surface area contributed by atoms with E-state index in [4.69, 9.17) is 4.74 Å². The predicted octanol–water partition coefficient (Wildman–Crippen LogP) is 3.33. The molecule has 4 rings (SSSR count). The number of alkyl halides is 3. The smallest absolute Gasteiger partial charge is 0.376 e. The second kappa shape index (κ2) is 7.54. The summed E-state index contributed by atoms with van der Waals surface area (Å²) >= 11 is 0. The Kier molecular flexibility index (Phi) is 5.09. The van der Waals surface area contributed by atoms with Crippen LogP contribution in [0, 0.1) is 0 Å². The molecule has 2 aromatic rings. The summed E-state index contributed by atoms with van der Waals surface area (Å²) in [4.78, 5) is 16.3. The average molecular weight is 394 g/mol. The molecule has 9 heteroatoms. The van der Waals surface area contributed by atoms with Gasteiger partial charge in [0.15, 0.2) is 0 Å². The number of ether oxygens (including phenoxy) is 1. The van der Waals surface area contributed by atoms with E-state index in [0.29, 0.717) is 25.5 Å². The minimum Gasteiger partial charge on any atom is -0.376 e. The second-order valence-corrected chi connectivity index (χ2v) is 7.28. The first-order valence-electron chi connectivity index (χ1n) is 9.39. The van der Waals surface area contributed by atoms with Gasteiger partial charge in [-0.15, -0.1) is 0 Å². The highest BCUT2D eigenvalue weighted by atomic mass is 19.4. The Hall–Kier alpha value is -2.42. The maximum atomic E-state index is 12.6. The fraction of sp³-hybridized carbons (Fsp3) is 0.526. The Labute approximate surface area is 159 Å². The van der Waals surface area contributed by atoms with E-state index in [1.165, 1.54) is 6.07 Å². The van der Waals surface area contributed by atoms with Crippen LogP contribution in [0.15, 0.2) is 29.2 Å². The zero-order chi connectivity index (χ0) is 19.7. The minimum atomic E-state index is -4.38. The highest BCUT2D eigenvalue weighted by molar-refractivity contribution is 5.37. The van der Waals surface area contributed by atoms with Gasteiger partial charge in [-0.25, -0.2) is 9.67 Å². The zero-order valence-electron chi connectivity index (χ0n) is 15.2. The van der Waals surface area contributed by atoms with Gasteiger partial charge in [-0.3, -0.25) is 4.79 Å². The Morgan fingerprint density at radius 2 is 1.96 bits per heavy atom. The third kappa shape index (κ3) is 4.04. The normalized spacial score (nSPS) is 22.5. The first-order chi connectivity index (χ1) is 13.4. The van der Waals surface area contributed by atoms with Gasteiger partial charge in [0, 0.05) is 30.3 Å². The van der Waals surface area contributed by atoms with E-state index in [2.05, 4.69) is 15.4 Å². The number of hydrogen-bond acceptors (Lipinski definition) is 5. The van der Waals surface area contributed by atoms with Crippen molar-refractivity contribution in [2.45, 2.75) is 57.0 Å². The van der Waals surface area contributed by atoms with Crippen molar-refractivity contribution in [1.82, 2.24) is 14.8 Å². The molecule has 1 N–H and O–H groups in total. The second-order valence-electron chi connectivity index (χ2n) is 7.28. The third-order valence-corrected chi connectivity index (χ3v) is 5.35. The van der Waals surface area contributed by atoms with Crippen LogP contribution >= 0.6 is 0 Å². The van der Waals surface area contributed by atoms with Crippen molar-refractivity contribution in [3.63, 3.8) is 0 Å². The fourth-order valence-corrected chi connectivity index (χ4v) is 3.81. The summed E-state index contributed by atoms with van der Waals surface area (Å²) in [5.74, 6) is 0.431. The number of nitrogens with zero attached hydrogens (tertiary/aromatic N) is 3. The van der Waals surface area contributed by atoms with Crippen LogP contribution < -0.4 is 10.9 Å². The topological polar surface area (TPSA) is 69.0 Å². The lowest BCUT2D eigenvalue weighted by atomic mass is 9.91. The van der Waals surface area contributed by atoms with Gasteiger partial charge in [0.2, 0.25) is 0 Å². The number of nitrogens with one attached hydrogen (secondary N) is 1. The monoisotopic (exact) mass is 394 g/mol. The summed E-state index contributed by atoms with van der Waals surface area (Å²) in [5, 5.41) is 7.76. The van der Waals surface area contributed by atoms with E-state index < -0.39 is 11.7 Å². The molecule has 1 aliphatic heterocycles. The molecule has 0 radical (unpaired) electrons. The van der Waals surface area contributed by atoms with Crippen molar-refractivity contribution >= 4 is 5.82 Å². The van der Waals surface area contributed by atoms with Gasteiger partial charge in [0.25, 0.3) is 5.56 Å². The van der Waals surface area contributed by atoms with Crippen LogP contribution in [0.3, 0.4) is 0 Å². The molecule has 0 aromatic carbocycles. The maximum absolute atomic E-state index is 12.6. The Morgan fingerprint density at radius 3 is 2.64 bits per heavy atom. The summed E-state index contributed by atoms with van der Waals surface area (Å²) in [7, 11) is 0. The van der Waals surface area contributed by atoms with Gasteiger partial charge >= 0.3 is 6.18 Å². The fourth-order valence-electron chi connectivity index (χ4n) is 3.81. The molecule has 1 fully saturated rings. The first kappa shape index (κ1) is 18.9. The highest BCUT2D eigenvalue weighted by Gasteiger charge is 2.31. The Bertz CT molecular complexity index is 888. The number of fused-ring (bicyclic) bond motifs is 1. The molecule has 150 valence electrons. The number of hydrogen-bond donors (Lipinski definition) is 1. The molecular weight excluding hydrogens is 373 g/mol. The molecule has 6 nitrogen and oxygen atoms in total. The number of anilines is 1. The number of pyridine rings is 1. The summed E-state index contributed by atoms with van der Waals surface area (Å²) in [5.41, 5.74) is 0.936. The summed E-state index contributed by atoms with van der Waals surface area (Å²) in [6, 6.07) is 4.16. The molecule has 0 spiro atoms. The van der Waals surface area contributed by atoms with E-state index >= 15 is 0 Å². The van der Waals surface area contributed by atoms with Crippen molar-refractivity contribution in [3.05, 3.63) is 51.6 Å². The van der Waals surface area contributed by atoms with Gasteiger partial charge in [0.1, 0.15) is 5.82 Å². The van der Waals surface area contributed by atoms with Crippen LogP contribution in [0.4, 0.5) is 19.0 Å². The highest BCUT2D eigenvalue weighted by Crippen LogP contribution is 2.31. The van der Waals surface area contributed by atoms with Crippen molar-refractivity contribution in [3.8, 4) is 0 Å². The molecule has 0 bridgehead atoms. The summed E-state index contributed by atoms with van der Waals surface area (Å²) in [6.45, 7) is 1.06. The van der Waals surface area contributed by atoms with E-state index in [1.807, 2.05) is 0 Å².